The van der Waals surface area contributed by atoms with Gasteiger partial charge in [-0.25, -0.2) is 4.79 Å². The molecule has 0 aliphatic rings. The minimum Gasteiger partial charge on any atom is -0.756 e. The number of aliphatic carboxylic acids is 1. The number of likely N-dealkylation sites (N-methyl/N-ethyl adjacent to an activating group) is 1. The Hall–Kier alpha value is -2.11. The van der Waals surface area contributed by atoms with Gasteiger partial charge in [-0.3, -0.25) is 18.9 Å². The molecule has 0 amide bonds. The lowest BCUT2D eigenvalue weighted by atomic mass is 10.0. The van der Waals surface area contributed by atoms with E-state index in [1.807, 2.05) is 21.1 Å². The zero-order chi connectivity index (χ0) is 34.0. The molecule has 0 aliphatic carbocycles. The first-order chi connectivity index (χ1) is 21.2. The lowest BCUT2D eigenvalue weighted by molar-refractivity contribution is -0.870. The van der Waals surface area contributed by atoms with Crippen LogP contribution in [0.1, 0.15) is 116 Å². The van der Waals surface area contributed by atoms with Gasteiger partial charge in [-0.15, -0.1) is 0 Å². The van der Waals surface area contributed by atoms with E-state index < -0.39 is 50.8 Å². The van der Waals surface area contributed by atoms with Crippen LogP contribution in [0.25, 0.3) is 0 Å². The predicted octanol–water partition coefficient (Wildman–Crippen LogP) is 5.51. The van der Waals surface area contributed by atoms with Crippen LogP contribution in [0.2, 0.25) is 0 Å². The first kappa shape index (κ1) is 42.9. The van der Waals surface area contributed by atoms with Gasteiger partial charge in [0.05, 0.1) is 27.7 Å². The van der Waals surface area contributed by atoms with Crippen LogP contribution in [0.5, 0.6) is 0 Å². The topological polar surface area (TPSA) is 166 Å². The molecule has 0 radical (unpaired) electrons. The number of hydrogen-bond donors (Lipinski definition) is 1. The fourth-order valence-corrected chi connectivity index (χ4v) is 4.93. The number of rotatable bonds is 30. The molecule has 0 saturated heterocycles. The van der Waals surface area contributed by atoms with Gasteiger partial charge >= 0.3 is 17.9 Å². The zero-order valence-electron chi connectivity index (χ0n) is 28.0. The number of phosphoric acid groups is 1. The Balaban J connectivity index is 4.53. The standard InChI is InChI=1S/C32H58NO11P/c1-5-6-7-8-9-10-11-12-13-14-15-16-17-20-31(37)41-26-29(27-43-45(39,40)42-25-24-33(2,3)4)44-32(38)21-18-19-28(34)22-23-30(35)36/h22-23,29H,5-21,24-27H2,1-4H3,(H-,35,36,39,40)/b23-22+/t29-/m0/s1. The van der Waals surface area contributed by atoms with Gasteiger partial charge in [0.2, 0.25) is 0 Å². The van der Waals surface area contributed by atoms with E-state index in [2.05, 4.69) is 6.92 Å². The number of carboxylic acids is 1. The zero-order valence-corrected chi connectivity index (χ0v) is 28.9. The molecule has 0 fully saturated rings. The lowest BCUT2D eigenvalue weighted by Crippen LogP contribution is -2.37. The number of nitrogens with zero attached hydrogens (tertiary/aromatic N) is 1. The quantitative estimate of drug-likeness (QED) is 0.0339. The highest BCUT2D eigenvalue weighted by Gasteiger charge is 2.22. The molecule has 0 heterocycles. The number of unbranched alkanes of at least 4 members (excludes halogenated alkanes) is 12. The van der Waals surface area contributed by atoms with Gasteiger partial charge < -0.3 is 33.0 Å². The van der Waals surface area contributed by atoms with Crippen LogP contribution in [0.3, 0.4) is 0 Å². The summed E-state index contributed by atoms with van der Waals surface area (Å²) in [6, 6.07) is 0. The molecule has 13 heteroatoms. The van der Waals surface area contributed by atoms with Crippen molar-refractivity contribution in [2.24, 2.45) is 0 Å². The first-order valence-corrected chi connectivity index (χ1v) is 17.9. The third-order valence-corrected chi connectivity index (χ3v) is 7.82. The molecule has 45 heavy (non-hydrogen) atoms. The summed E-state index contributed by atoms with van der Waals surface area (Å²) in [5.74, 6) is -2.96. The van der Waals surface area contributed by atoms with Crippen LogP contribution >= 0.6 is 7.82 Å². The molecule has 2 atom stereocenters. The van der Waals surface area contributed by atoms with Crippen LogP contribution in [0, 0.1) is 0 Å². The second-order valence-corrected chi connectivity index (χ2v) is 13.8. The monoisotopic (exact) mass is 663 g/mol. The van der Waals surface area contributed by atoms with E-state index in [4.69, 9.17) is 23.6 Å². The Kier molecular flexibility index (Phi) is 24.8. The number of ketones is 1. The maximum atomic E-state index is 12.3. The number of carbonyl (C=O) groups excluding carboxylic acids is 3. The molecule has 0 aliphatic heterocycles. The van der Waals surface area contributed by atoms with E-state index in [-0.39, 0.29) is 32.3 Å². The number of quaternary nitrogens is 1. The van der Waals surface area contributed by atoms with Crippen molar-refractivity contribution < 1.29 is 56.7 Å². The van der Waals surface area contributed by atoms with E-state index in [1.165, 1.54) is 57.8 Å². The largest absolute Gasteiger partial charge is 0.756 e. The maximum absolute atomic E-state index is 12.3. The van der Waals surface area contributed by atoms with Gasteiger partial charge in [0.25, 0.3) is 7.82 Å². The molecule has 0 aromatic carbocycles. The highest BCUT2D eigenvalue weighted by atomic mass is 31.2. The molecule has 0 aromatic heterocycles. The second kappa shape index (κ2) is 26.0. The number of allylic oxidation sites excluding steroid dienone is 1. The average molecular weight is 664 g/mol. The summed E-state index contributed by atoms with van der Waals surface area (Å²) in [5, 5.41) is 8.58. The van der Waals surface area contributed by atoms with Crippen molar-refractivity contribution in [1.29, 1.82) is 0 Å². The molecule has 0 bridgehead atoms. The number of hydrogen-bond acceptors (Lipinski definition) is 10. The Morgan fingerprint density at radius 2 is 1.27 bits per heavy atom. The summed E-state index contributed by atoms with van der Waals surface area (Å²) in [6.07, 6.45) is 15.8. The predicted molar refractivity (Wildman–Crippen MR) is 169 cm³/mol. The summed E-state index contributed by atoms with van der Waals surface area (Å²) >= 11 is 0. The molecule has 12 nitrogen and oxygen atoms in total. The molecule has 0 spiro atoms. The summed E-state index contributed by atoms with van der Waals surface area (Å²) in [5.41, 5.74) is 0. The van der Waals surface area contributed by atoms with Crippen LogP contribution < -0.4 is 4.89 Å². The highest BCUT2D eigenvalue weighted by Crippen LogP contribution is 2.38. The normalized spacial score (nSPS) is 13.8. The van der Waals surface area contributed by atoms with Gasteiger partial charge in [0, 0.05) is 25.3 Å². The second-order valence-electron chi connectivity index (χ2n) is 12.4. The van der Waals surface area contributed by atoms with E-state index in [1.54, 1.807) is 0 Å². The summed E-state index contributed by atoms with van der Waals surface area (Å²) in [4.78, 5) is 59.0. The van der Waals surface area contributed by atoms with Gasteiger partial charge in [-0.1, -0.05) is 84.0 Å². The fraction of sp³-hybridized carbons (Fsp3) is 0.812. The van der Waals surface area contributed by atoms with Crippen molar-refractivity contribution in [3.63, 3.8) is 0 Å². The van der Waals surface area contributed by atoms with Gasteiger partial charge in [-0.2, -0.15) is 0 Å². The molecule has 1 N–H and O–H groups in total. The molecule has 262 valence electrons. The van der Waals surface area contributed by atoms with Gasteiger partial charge in [0.1, 0.15) is 19.8 Å². The van der Waals surface area contributed by atoms with Crippen molar-refractivity contribution >= 4 is 31.5 Å². The minimum atomic E-state index is -4.71. The summed E-state index contributed by atoms with van der Waals surface area (Å²) < 4.78 is 33.0. The van der Waals surface area contributed by atoms with E-state index in [0.29, 0.717) is 23.5 Å². The summed E-state index contributed by atoms with van der Waals surface area (Å²) in [7, 11) is 0.909. The van der Waals surface area contributed by atoms with E-state index >= 15 is 0 Å². The third-order valence-electron chi connectivity index (χ3n) is 6.86. The molecule has 0 saturated carbocycles. The number of carboxylic acid groups (broad SMARTS) is 1. The van der Waals surface area contributed by atoms with Gasteiger partial charge in [0.15, 0.2) is 11.9 Å². The van der Waals surface area contributed by atoms with Crippen LogP contribution in [-0.4, -0.2) is 86.9 Å². The van der Waals surface area contributed by atoms with E-state index in [0.717, 1.165) is 25.3 Å². The summed E-state index contributed by atoms with van der Waals surface area (Å²) in [6.45, 7) is 1.52. The van der Waals surface area contributed by atoms with Crippen molar-refractivity contribution in [1.82, 2.24) is 0 Å². The number of ether oxygens (including phenoxy) is 2. The Morgan fingerprint density at radius 3 is 1.80 bits per heavy atom. The number of phosphoric ester groups is 1. The van der Waals surface area contributed by atoms with Crippen molar-refractivity contribution in [2.45, 2.75) is 122 Å². The number of carbonyl (C=O) groups is 4. The fourth-order valence-electron chi connectivity index (χ4n) is 4.20. The Labute approximate surface area is 270 Å². The smallest absolute Gasteiger partial charge is 0.328 e. The molecule has 0 rings (SSSR count). The Bertz CT molecular complexity index is 917. The van der Waals surface area contributed by atoms with Crippen molar-refractivity contribution in [2.75, 3.05) is 47.5 Å². The third kappa shape index (κ3) is 30.3. The molecular formula is C32H58NO11P. The van der Waals surface area contributed by atoms with Crippen molar-refractivity contribution in [3.05, 3.63) is 12.2 Å². The number of esters is 2. The lowest BCUT2D eigenvalue weighted by Gasteiger charge is -2.28. The van der Waals surface area contributed by atoms with Crippen LogP contribution in [-0.2, 0) is 42.3 Å². The maximum Gasteiger partial charge on any atom is 0.328 e. The van der Waals surface area contributed by atoms with Gasteiger partial charge in [-0.05, 0) is 18.9 Å². The molecule has 1 unspecified atom stereocenters. The molecule has 0 aromatic rings. The SMILES string of the molecule is CCCCCCCCCCCCCCCC(=O)OC[C@@H](COP(=O)([O-])OCC[N+](C)(C)C)OC(=O)CCCC(=O)/C=C/C(=O)O. The Morgan fingerprint density at radius 1 is 0.733 bits per heavy atom. The van der Waals surface area contributed by atoms with Crippen LogP contribution in [0.15, 0.2) is 12.2 Å². The van der Waals surface area contributed by atoms with E-state index in [9.17, 15) is 28.6 Å². The molecular weight excluding hydrogens is 605 g/mol. The average Bonchev–Trinajstić information content (AvgIpc) is 2.95. The van der Waals surface area contributed by atoms with Crippen LogP contribution in [0.4, 0.5) is 0 Å². The van der Waals surface area contributed by atoms with Crippen molar-refractivity contribution in [3.8, 4) is 0 Å². The minimum absolute atomic E-state index is 0.0793. The highest BCUT2D eigenvalue weighted by molar-refractivity contribution is 7.45. The first-order valence-electron chi connectivity index (χ1n) is 16.4.